The Hall–Kier alpha value is -2.48. The number of morpholine rings is 1. The van der Waals surface area contributed by atoms with Gasteiger partial charge in [0, 0.05) is 18.3 Å². The van der Waals surface area contributed by atoms with E-state index < -0.39 is 23.9 Å². The number of likely N-dealkylation sites (N-methyl/N-ethyl adjacent to an activating group) is 1. The van der Waals surface area contributed by atoms with Gasteiger partial charge in [-0.25, -0.2) is 4.39 Å². The topological polar surface area (TPSA) is 78.9 Å². The number of aliphatic hydroxyl groups is 1. The molecule has 0 radical (unpaired) electrons. The van der Waals surface area contributed by atoms with Crippen molar-refractivity contribution in [1.82, 2.24) is 4.90 Å². The van der Waals surface area contributed by atoms with Gasteiger partial charge in [-0.2, -0.15) is 0 Å². The molecule has 2 atom stereocenters. The maximum Gasteiger partial charge on any atom is 0.255 e. The number of aliphatic hydroxyl groups excluding tert-OH is 1. The third-order valence-electron chi connectivity index (χ3n) is 4.46. The van der Waals surface area contributed by atoms with E-state index in [-0.39, 0.29) is 29.7 Å². The fraction of sp³-hybridized carbons (Fsp3) is 0.263. The monoisotopic (exact) mass is 392 g/mol. The lowest BCUT2D eigenvalue weighted by atomic mass is 10.0. The first-order valence-corrected chi connectivity index (χ1v) is 8.62. The normalized spacial score (nSPS) is 18.3. The molecule has 27 heavy (non-hydrogen) atoms. The maximum absolute atomic E-state index is 13.2. The summed E-state index contributed by atoms with van der Waals surface area (Å²) in [5.41, 5.74) is 1.32. The van der Waals surface area contributed by atoms with Crippen molar-refractivity contribution in [2.24, 2.45) is 0 Å². The highest BCUT2D eigenvalue weighted by atomic mass is 35.5. The largest absolute Gasteiger partial charge is 0.386 e. The summed E-state index contributed by atoms with van der Waals surface area (Å²) in [6, 6.07) is 9.81. The van der Waals surface area contributed by atoms with Crippen LogP contribution in [0.25, 0.3) is 0 Å². The molecular weight excluding hydrogens is 375 g/mol. The molecule has 8 heteroatoms. The lowest BCUT2D eigenvalue weighted by Crippen LogP contribution is -2.49. The van der Waals surface area contributed by atoms with Crippen LogP contribution in [0, 0.1) is 5.82 Å². The van der Waals surface area contributed by atoms with E-state index in [4.69, 9.17) is 16.3 Å². The minimum absolute atomic E-state index is 0.0120. The van der Waals surface area contributed by atoms with Gasteiger partial charge in [-0.1, -0.05) is 23.7 Å². The van der Waals surface area contributed by atoms with Crippen molar-refractivity contribution >= 4 is 29.1 Å². The van der Waals surface area contributed by atoms with Crippen molar-refractivity contribution in [3.8, 4) is 0 Å². The number of rotatable bonds is 4. The molecule has 1 fully saturated rings. The van der Waals surface area contributed by atoms with Gasteiger partial charge in [-0.3, -0.25) is 9.59 Å². The minimum atomic E-state index is -0.917. The average Bonchev–Trinajstić information content (AvgIpc) is 2.66. The molecule has 0 aromatic heterocycles. The van der Waals surface area contributed by atoms with Crippen LogP contribution in [0.5, 0.6) is 0 Å². The lowest BCUT2D eigenvalue weighted by molar-refractivity contribution is -0.151. The maximum atomic E-state index is 13.2. The van der Waals surface area contributed by atoms with Gasteiger partial charge in [0.2, 0.25) is 5.91 Å². The van der Waals surface area contributed by atoms with Gasteiger partial charge >= 0.3 is 0 Å². The Labute approximate surface area is 160 Å². The number of nitrogens with zero attached hydrogens (tertiary/aromatic N) is 1. The predicted octanol–water partition coefficient (Wildman–Crippen LogP) is 2.62. The number of halogens is 2. The number of ether oxygens (including phenoxy) is 1. The van der Waals surface area contributed by atoms with Crippen LogP contribution in [0.2, 0.25) is 5.02 Å². The summed E-state index contributed by atoms with van der Waals surface area (Å²) in [6.07, 6.45) is -0.917. The molecule has 1 saturated heterocycles. The molecular formula is C19H18ClFN2O4. The number of carbonyl (C=O) groups is 2. The van der Waals surface area contributed by atoms with E-state index in [1.807, 2.05) is 0 Å². The number of nitrogens with one attached hydrogen (secondary N) is 1. The molecule has 2 N–H and O–H groups in total. The third-order valence-corrected chi connectivity index (χ3v) is 4.75. The lowest BCUT2D eigenvalue weighted by Gasteiger charge is -2.35. The van der Waals surface area contributed by atoms with E-state index in [1.54, 1.807) is 31.3 Å². The van der Waals surface area contributed by atoms with Crippen molar-refractivity contribution in [3.05, 3.63) is 64.4 Å². The van der Waals surface area contributed by atoms with Crippen LogP contribution in [0.15, 0.2) is 42.5 Å². The first kappa shape index (κ1) is 19.3. The van der Waals surface area contributed by atoms with Gasteiger partial charge < -0.3 is 20.1 Å². The van der Waals surface area contributed by atoms with E-state index >= 15 is 0 Å². The molecule has 0 saturated carbocycles. The number of benzene rings is 2. The Balaban J connectivity index is 1.68. The van der Waals surface area contributed by atoms with Crippen molar-refractivity contribution in [3.63, 3.8) is 0 Å². The number of amides is 2. The summed E-state index contributed by atoms with van der Waals surface area (Å²) >= 11 is 5.69. The molecule has 1 heterocycles. The number of carbonyl (C=O) groups excluding carboxylic acids is 2. The van der Waals surface area contributed by atoms with Crippen molar-refractivity contribution in [2.75, 3.05) is 25.6 Å². The summed E-state index contributed by atoms with van der Waals surface area (Å²) in [6.45, 7) is 0.255. The molecule has 2 amide bonds. The Kier molecular flexibility index (Phi) is 5.74. The Morgan fingerprint density at radius 1 is 1.33 bits per heavy atom. The molecule has 1 aliphatic rings. The Morgan fingerprint density at radius 2 is 2.04 bits per heavy atom. The molecule has 0 bridgehead atoms. The molecule has 6 nitrogen and oxygen atoms in total. The predicted molar refractivity (Wildman–Crippen MR) is 98.1 cm³/mol. The molecule has 0 aliphatic carbocycles. The summed E-state index contributed by atoms with van der Waals surface area (Å²) in [5.74, 6) is -1.22. The van der Waals surface area contributed by atoms with E-state index in [0.29, 0.717) is 11.3 Å². The Bertz CT molecular complexity index is 859. The zero-order chi connectivity index (χ0) is 19.6. The van der Waals surface area contributed by atoms with Crippen LogP contribution >= 0.6 is 11.6 Å². The van der Waals surface area contributed by atoms with Gasteiger partial charge in [0.15, 0.2) is 0 Å². The number of hydrogen-bond acceptors (Lipinski definition) is 4. The van der Waals surface area contributed by atoms with Crippen LogP contribution in [0.4, 0.5) is 10.1 Å². The molecule has 1 aliphatic heterocycles. The summed E-state index contributed by atoms with van der Waals surface area (Å²) in [4.78, 5) is 25.4. The van der Waals surface area contributed by atoms with Crippen LogP contribution < -0.4 is 5.32 Å². The van der Waals surface area contributed by atoms with Crippen molar-refractivity contribution in [1.29, 1.82) is 0 Å². The molecule has 3 rings (SSSR count). The number of anilines is 1. The highest BCUT2D eigenvalue weighted by molar-refractivity contribution is 6.31. The third kappa shape index (κ3) is 4.27. The Morgan fingerprint density at radius 3 is 2.70 bits per heavy atom. The summed E-state index contributed by atoms with van der Waals surface area (Å²) < 4.78 is 18.4. The van der Waals surface area contributed by atoms with Crippen molar-refractivity contribution < 1.29 is 23.8 Å². The van der Waals surface area contributed by atoms with E-state index in [1.165, 1.54) is 17.0 Å². The van der Waals surface area contributed by atoms with Crippen molar-refractivity contribution in [2.45, 2.75) is 12.1 Å². The quantitative estimate of drug-likeness (QED) is 0.838. The smallest absolute Gasteiger partial charge is 0.255 e. The second-order valence-corrected chi connectivity index (χ2v) is 6.64. The highest BCUT2D eigenvalue weighted by Gasteiger charge is 2.32. The van der Waals surface area contributed by atoms with E-state index in [9.17, 15) is 19.1 Å². The minimum Gasteiger partial charge on any atom is -0.386 e. The summed E-state index contributed by atoms with van der Waals surface area (Å²) in [7, 11) is 1.63. The SMILES string of the molecule is CN1C(=O)COC[C@@H]1[C@H](O)c1ccc(NC(=O)c2ccc(F)c(Cl)c2)cc1. The fourth-order valence-electron chi connectivity index (χ4n) is 2.79. The molecule has 0 unspecified atom stereocenters. The van der Waals surface area contributed by atoms with Gasteiger partial charge in [0.05, 0.1) is 17.7 Å². The van der Waals surface area contributed by atoms with Crippen LogP contribution in [0.1, 0.15) is 22.0 Å². The average molecular weight is 393 g/mol. The fourth-order valence-corrected chi connectivity index (χ4v) is 2.98. The van der Waals surface area contributed by atoms with Crippen LogP contribution in [-0.2, 0) is 9.53 Å². The van der Waals surface area contributed by atoms with Gasteiger partial charge in [0.1, 0.15) is 18.5 Å². The van der Waals surface area contributed by atoms with Crippen LogP contribution in [-0.4, -0.2) is 48.1 Å². The summed E-state index contributed by atoms with van der Waals surface area (Å²) in [5, 5.41) is 13.1. The molecule has 2 aromatic rings. The van der Waals surface area contributed by atoms with E-state index in [2.05, 4.69) is 5.32 Å². The first-order valence-electron chi connectivity index (χ1n) is 8.24. The molecule has 142 valence electrons. The second kappa shape index (κ2) is 8.04. The standard InChI is InChI=1S/C19H18ClFN2O4/c1-23-16(9-27-10-17(23)24)18(25)11-2-5-13(6-3-11)22-19(26)12-4-7-15(21)14(20)8-12/h2-8,16,18,25H,9-10H2,1H3,(H,22,26)/t16-,18-/m1/s1. The zero-order valence-electron chi connectivity index (χ0n) is 14.5. The van der Waals surface area contributed by atoms with Gasteiger partial charge in [0.25, 0.3) is 5.91 Å². The second-order valence-electron chi connectivity index (χ2n) is 6.24. The first-order chi connectivity index (χ1) is 12.9. The van der Waals surface area contributed by atoms with E-state index in [0.717, 1.165) is 6.07 Å². The number of hydrogen-bond donors (Lipinski definition) is 2. The molecule has 2 aromatic carbocycles. The van der Waals surface area contributed by atoms with Gasteiger partial charge in [-0.15, -0.1) is 0 Å². The molecule has 0 spiro atoms. The highest BCUT2D eigenvalue weighted by Crippen LogP contribution is 2.25. The van der Waals surface area contributed by atoms with Crippen LogP contribution in [0.3, 0.4) is 0 Å². The zero-order valence-corrected chi connectivity index (χ0v) is 15.2. The van der Waals surface area contributed by atoms with Gasteiger partial charge in [-0.05, 0) is 35.9 Å².